The number of hydrogen-bond acceptors (Lipinski definition) is 3. The molecule has 5 heteroatoms. The van der Waals surface area contributed by atoms with Crippen LogP contribution in [0, 0.1) is 17.1 Å². The van der Waals surface area contributed by atoms with Crippen LogP contribution in [0.25, 0.3) is 0 Å². The summed E-state index contributed by atoms with van der Waals surface area (Å²) in [6.45, 7) is 0.323. The number of nitrogens with zero attached hydrogens (tertiary/aromatic N) is 1. The second-order valence-electron chi connectivity index (χ2n) is 2.98. The molecule has 0 fully saturated rings. The molecule has 78 valence electrons. The third-order valence-corrected chi connectivity index (χ3v) is 1.73. The monoisotopic (exact) mass is 207 g/mol. The minimum absolute atomic E-state index is 0.165. The number of rotatable bonds is 4. The second kappa shape index (κ2) is 4.96. The molecule has 0 aliphatic heterocycles. The van der Waals surface area contributed by atoms with E-state index < -0.39 is 11.7 Å². The second-order valence-corrected chi connectivity index (χ2v) is 2.98. The van der Waals surface area contributed by atoms with Crippen LogP contribution in [0.15, 0.2) is 18.2 Å². The van der Waals surface area contributed by atoms with E-state index in [4.69, 9.17) is 11.0 Å². The number of carbonyl (C=O) groups is 1. The SMILES string of the molecule is N#Cc1cc(F)cc(NCCC(N)=O)c1. The molecule has 0 aliphatic rings. The Morgan fingerprint density at radius 1 is 1.53 bits per heavy atom. The Bertz CT molecular complexity index is 412. The molecule has 0 radical (unpaired) electrons. The number of hydrogen-bond donors (Lipinski definition) is 2. The summed E-state index contributed by atoms with van der Waals surface area (Å²) in [5, 5.41) is 11.4. The van der Waals surface area contributed by atoms with E-state index in [1.54, 1.807) is 0 Å². The van der Waals surface area contributed by atoms with Gasteiger partial charge in [-0.1, -0.05) is 0 Å². The molecule has 0 saturated carbocycles. The van der Waals surface area contributed by atoms with Crippen molar-refractivity contribution in [2.45, 2.75) is 6.42 Å². The van der Waals surface area contributed by atoms with Crippen LogP contribution >= 0.6 is 0 Å². The van der Waals surface area contributed by atoms with Gasteiger partial charge >= 0.3 is 0 Å². The number of benzene rings is 1. The van der Waals surface area contributed by atoms with Crippen molar-refractivity contribution in [2.24, 2.45) is 5.73 Å². The molecular weight excluding hydrogens is 197 g/mol. The van der Waals surface area contributed by atoms with Gasteiger partial charge in [0.2, 0.25) is 5.91 Å². The van der Waals surface area contributed by atoms with E-state index in [0.717, 1.165) is 6.07 Å². The van der Waals surface area contributed by atoms with Crippen LogP contribution in [0.2, 0.25) is 0 Å². The molecule has 1 rings (SSSR count). The molecule has 1 aromatic carbocycles. The third-order valence-electron chi connectivity index (χ3n) is 1.73. The zero-order valence-electron chi connectivity index (χ0n) is 7.96. The van der Waals surface area contributed by atoms with E-state index in [9.17, 15) is 9.18 Å². The first-order chi connectivity index (χ1) is 7.11. The average Bonchev–Trinajstić information content (AvgIpc) is 2.16. The lowest BCUT2D eigenvalue weighted by Gasteiger charge is -2.05. The molecule has 0 aromatic heterocycles. The Morgan fingerprint density at radius 2 is 2.27 bits per heavy atom. The Balaban J connectivity index is 2.65. The van der Waals surface area contributed by atoms with Crippen molar-refractivity contribution in [3.63, 3.8) is 0 Å². The largest absolute Gasteiger partial charge is 0.384 e. The summed E-state index contributed by atoms with van der Waals surface area (Å²) in [6, 6.07) is 5.73. The van der Waals surface area contributed by atoms with Crippen molar-refractivity contribution in [3.8, 4) is 6.07 Å². The third kappa shape index (κ3) is 3.65. The minimum atomic E-state index is -0.490. The maximum atomic E-state index is 12.9. The number of amides is 1. The first kappa shape index (κ1) is 11.0. The van der Waals surface area contributed by atoms with Gasteiger partial charge in [-0.05, 0) is 18.2 Å². The van der Waals surface area contributed by atoms with Gasteiger partial charge in [0.15, 0.2) is 0 Å². The maximum Gasteiger partial charge on any atom is 0.219 e. The molecule has 15 heavy (non-hydrogen) atoms. The molecule has 0 aliphatic carbocycles. The quantitative estimate of drug-likeness (QED) is 0.772. The molecular formula is C10H10FN3O. The zero-order chi connectivity index (χ0) is 11.3. The number of nitrogens with one attached hydrogen (secondary N) is 1. The maximum absolute atomic E-state index is 12.9. The Kier molecular flexibility index (Phi) is 3.63. The van der Waals surface area contributed by atoms with Crippen molar-refractivity contribution in [1.82, 2.24) is 0 Å². The van der Waals surface area contributed by atoms with Crippen LogP contribution in [0.4, 0.5) is 10.1 Å². The molecule has 3 N–H and O–H groups in total. The molecule has 0 unspecified atom stereocenters. The summed E-state index contributed by atoms with van der Waals surface area (Å²) >= 11 is 0. The standard InChI is InChI=1S/C10H10FN3O/c11-8-3-7(6-12)4-9(5-8)14-2-1-10(13)15/h3-5,14H,1-2H2,(H2,13,15). The summed E-state index contributed by atoms with van der Waals surface area (Å²) in [5.74, 6) is -0.921. The highest BCUT2D eigenvalue weighted by molar-refractivity contribution is 5.74. The summed E-state index contributed by atoms with van der Waals surface area (Å²) in [6.07, 6.45) is 0.165. The Hall–Kier alpha value is -2.09. The summed E-state index contributed by atoms with van der Waals surface area (Å²) < 4.78 is 12.9. The van der Waals surface area contributed by atoms with Crippen LogP contribution in [0.5, 0.6) is 0 Å². The molecule has 0 bridgehead atoms. The first-order valence-corrected chi connectivity index (χ1v) is 4.34. The van der Waals surface area contributed by atoms with Crippen molar-refractivity contribution in [2.75, 3.05) is 11.9 Å². The fourth-order valence-corrected chi connectivity index (χ4v) is 1.09. The van der Waals surface area contributed by atoms with Crippen LogP contribution in [-0.4, -0.2) is 12.5 Å². The number of carbonyl (C=O) groups excluding carboxylic acids is 1. The Morgan fingerprint density at radius 3 is 2.87 bits per heavy atom. The van der Waals surface area contributed by atoms with E-state index in [2.05, 4.69) is 5.32 Å². The van der Waals surface area contributed by atoms with Crippen molar-refractivity contribution < 1.29 is 9.18 Å². The number of primary amides is 1. The lowest BCUT2D eigenvalue weighted by atomic mass is 10.2. The molecule has 0 heterocycles. The summed E-state index contributed by atoms with van der Waals surface area (Å²) in [4.78, 5) is 10.4. The Labute approximate surface area is 86.5 Å². The predicted molar refractivity (Wildman–Crippen MR) is 53.4 cm³/mol. The van der Waals surface area contributed by atoms with Crippen molar-refractivity contribution >= 4 is 11.6 Å². The fourth-order valence-electron chi connectivity index (χ4n) is 1.09. The lowest BCUT2D eigenvalue weighted by molar-refractivity contribution is -0.117. The van der Waals surface area contributed by atoms with E-state index >= 15 is 0 Å². The summed E-state index contributed by atoms with van der Waals surface area (Å²) in [5.41, 5.74) is 5.64. The highest BCUT2D eigenvalue weighted by Gasteiger charge is 2.00. The van der Waals surface area contributed by atoms with Crippen LogP contribution in [0.3, 0.4) is 0 Å². The topological polar surface area (TPSA) is 78.9 Å². The molecule has 0 saturated heterocycles. The van der Waals surface area contributed by atoms with E-state index in [-0.39, 0.29) is 12.0 Å². The van der Waals surface area contributed by atoms with Gasteiger partial charge in [0, 0.05) is 18.7 Å². The van der Waals surface area contributed by atoms with Crippen LogP contribution < -0.4 is 11.1 Å². The van der Waals surface area contributed by atoms with Gasteiger partial charge < -0.3 is 11.1 Å². The molecule has 1 aromatic rings. The molecule has 4 nitrogen and oxygen atoms in total. The zero-order valence-corrected chi connectivity index (χ0v) is 7.96. The smallest absolute Gasteiger partial charge is 0.219 e. The summed E-state index contributed by atoms with van der Waals surface area (Å²) in [7, 11) is 0. The van der Waals surface area contributed by atoms with Gasteiger partial charge in [-0.15, -0.1) is 0 Å². The van der Waals surface area contributed by atoms with E-state index in [1.165, 1.54) is 12.1 Å². The van der Waals surface area contributed by atoms with Gasteiger partial charge in [0.1, 0.15) is 5.82 Å². The number of nitriles is 1. The van der Waals surface area contributed by atoms with Gasteiger partial charge in [-0.25, -0.2) is 4.39 Å². The molecule has 0 spiro atoms. The first-order valence-electron chi connectivity index (χ1n) is 4.34. The van der Waals surface area contributed by atoms with E-state index in [1.807, 2.05) is 6.07 Å². The number of halogens is 1. The van der Waals surface area contributed by atoms with Crippen LogP contribution in [-0.2, 0) is 4.79 Å². The van der Waals surface area contributed by atoms with Gasteiger partial charge in [0.05, 0.1) is 11.6 Å². The number of nitrogens with two attached hydrogens (primary N) is 1. The molecule has 0 atom stereocenters. The van der Waals surface area contributed by atoms with Crippen LogP contribution in [0.1, 0.15) is 12.0 Å². The van der Waals surface area contributed by atoms with Gasteiger partial charge in [-0.2, -0.15) is 5.26 Å². The van der Waals surface area contributed by atoms with Crippen molar-refractivity contribution in [3.05, 3.63) is 29.6 Å². The van der Waals surface area contributed by atoms with Gasteiger partial charge in [-0.3, -0.25) is 4.79 Å². The average molecular weight is 207 g/mol. The highest BCUT2D eigenvalue weighted by atomic mass is 19.1. The lowest BCUT2D eigenvalue weighted by Crippen LogP contribution is -2.15. The van der Waals surface area contributed by atoms with Crippen molar-refractivity contribution in [1.29, 1.82) is 5.26 Å². The number of anilines is 1. The normalized spacial score (nSPS) is 9.33. The predicted octanol–water partition coefficient (Wildman–Crippen LogP) is 0.985. The molecule has 1 amide bonds. The van der Waals surface area contributed by atoms with Gasteiger partial charge in [0.25, 0.3) is 0 Å². The van der Waals surface area contributed by atoms with E-state index in [0.29, 0.717) is 12.2 Å². The fraction of sp³-hybridized carbons (Fsp3) is 0.200. The highest BCUT2D eigenvalue weighted by Crippen LogP contribution is 2.13. The minimum Gasteiger partial charge on any atom is -0.384 e.